The minimum Gasteiger partial charge on any atom is -1.00 e. The van der Waals surface area contributed by atoms with Crippen LogP contribution in [0.1, 0.15) is 28.1 Å². The van der Waals surface area contributed by atoms with Crippen LogP contribution in [0.25, 0.3) is 16.8 Å². The Labute approximate surface area is 136 Å². The summed E-state index contributed by atoms with van der Waals surface area (Å²) >= 11 is 1.61. The summed E-state index contributed by atoms with van der Waals surface area (Å²) in [6, 6.07) is 13.3. The molecular weight excluding hydrogens is 342 g/mol. The van der Waals surface area contributed by atoms with Crippen LogP contribution in [0, 0.1) is 0 Å². The zero-order chi connectivity index (χ0) is 11.1. The van der Waals surface area contributed by atoms with Crippen LogP contribution < -0.4 is 24.8 Å². The largest absolute Gasteiger partial charge is 1.00 e. The van der Waals surface area contributed by atoms with E-state index in [0.717, 1.165) is 0 Å². The summed E-state index contributed by atoms with van der Waals surface area (Å²) in [4.78, 5) is 0. The minimum absolute atomic E-state index is 0. The molecule has 0 spiro atoms. The predicted molar refractivity (Wildman–Crippen MR) is 65.0 cm³/mol. The zero-order valence-corrected chi connectivity index (χ0v) is 14.1. The maximum absolute atomic E-state index is 2.41. The Morgan fingerprint density at radius 2 is 1.78 bits per heavy atom. The molecule has 2 aromatic rings. The predicted octanol–water partition coefficient (Wildman–Crippen LogP) is -1.76. The van der Waals surface area contributed by atoms with Gasteiger partial charge in [0.25, 0.3) is 0 Å². The monoisotopic (exact) mass is 353 g/mol. The van der Waals surface area contributed by atoms with Crippen molar-refractivity contribution in [2.45, 2.75) is 17.0 Å². The van der Waals surface area contributed by atoms with Crippen LogP contribution >= 0.6 is 0 Å². The molecule has 0 heterocycles. The first-order valence-corrected chi connectivity index (χ1v) is 7.16. The van der Waals surface area contributed by atoms with Gasteiger partial charge in [0.05, 0.1) is 0 Å². The summed E-state index contributed by atoms with van der Waals surface area (Å²) in [7, 11) is 0. The SMILES string of the molecule is CCC1=Cc2c(ccc3ccccc23)[CH]1[Zr+2].[Cl-].[Cl-]. The quantitative estimate of drug-likeness (QED) is 0.569. The molecule has 2 aromatic carbocycles. The van der Waals surface area contributed by atoms with Crippen molar-refractivity contribution in [2.24, 2.45) is 0 Å². The van der Waals surface area contributed by atoms with Crippen LogP contribution in [-0.2, 0) is 24.7 Å². The van der Waals surface area contributed by atoms with Gasteiger partial charge in [0.1, 0.15) is 0 Å². The maximum atomic E-state index is 2.41. The van der Waals surface area contributed by atoms with Gasteiger partial charge in [0.15, 0.2) is 0 Å². The Hall–Kier alpha value is -0.0969. The molecule has 18 heavy (non-hydrogen) atoms. The second-order valence-corrected chi connectivity index (χ2v) is 5.71. The summed E-state index contributed by atoms with van der Waals surface area (Å²) in [6.45, 7) is 2.26. The second kappa shape index (κ2) is 6.37. The summed E-state index contributed by atoms with van der Waals surface area (Å²) in [6.07, 6.45) is 3.59. The van der Waals surface area contributed by atoms with Gasteiger partial charge in [-0.15, -0.1) is 0 Å². The van der Waals surface area contributed by atoms with Gasteiger partial charge < -0.3 is 24.8 Å². The third-order valence-corrected chi connectivity index (χ3v) is 5.10. The Morgan fingerprint density at radius 1 is 1.06 bits per heavy atom. The summed E-state index contributed by atoms with van der Waals surface area (Å²) < 4.78 is 0.691. The van der Waals surface area contributed by atoms with Crippen molar-refractivity contribution in [3.05, 3.63) is 53.1 Å². The van der Waals surface area contributed by atoms with Crippen molar-refractivity contribution in [1.82, 2.24) is 0 Å². The Balaban J connectivity index is 0.000000810. The molecule has 0 N–H and O–H groups in total. The average molecular weight is 355 g/mol. The standard InChI is InChI=1S/C15H13.2ClH.Zr/c1-2-11-9-13-8-7-12-5-3-4-6-14(12)15(13)10-11;;;/h3-10H,2H2,1H3;2*1H;/q;;;+2/p-2. The molecule has 0 fully saturated rings. The molecule has 1 unspecified atom stereocenters. The summed E-state index contributed by atoms with van der Waals surface area (Å²) in [5.74, 6) is 0. The van der Waals surface area contributed by atoms with Gasteiger partial charge in [-0.2, -0.15) is 0 Å². The van der Waals surface area contributed by atoms with Crippen LogP contribution in [0.3, 0.4) is 0 Å². The van der Waals surface area contributed by atoms with E-state index in [1.54, 1.807) is 30.3 Å². The van der Waals surface area contributed by atoms with E-state index in [1.165, 1.54) is 28.3 Å². The number of allylic oxidation sites excluding steroid dienone is 1. The van der Waals surface area contributed by atoms with E-state index >= 15 is 0 Å². The van der Waals surface area contributed by atoms with Gasteiger partial charge in [-0.3, -0.25) is 0 Å². The molecule has 1 atom stereocenters. The van der Waals surface area contributed by atoms with Crippen molar-refractivity contribution in [2.75, 3.05) is 0 Å². The molecule has 91 valence electrons. The van der Waals surface area contributed by atoms with Crippen LogP contribution in [0.2, 0.25) is 0 Å². The molecule has 0 bridgehead atoms. The molecule has 0 aromatic heterocycles. The van der Waals surface area contributed by atoms with Crippen LogP contribution in [0.5, 0.6) is 0 Å². The van der Waals surface area contributed by atoms with Crippen molar-refractivity contribution >= 4 is 16.8 Å². The van der Waals surface area contributed by atoms with Gasteiger partial charge in [0.2, 0.25) is 0 Å². The third-order valence-electron chi connectivity index (χ3n) is 3.42. The number of hydrogen-bond donors (Lipinski definition) is 0. The Bertz CT molecular complexity index is 590. The van der Waals surface area contributed by atoms with Crippen LogP contribution in [0.4, 0.5) is 0 Å². The molecule has 1 aliphatic rings. The van der Waals surface area contributed by atoms with E-state index in [9.17, 15) is 0 Å². The first kappa shape index (κ1) is 16.0. The Morgan fingerprint density at radius 3 is 2.50 bits per heavy atom. The smallest absolute Gasteiger partial charge is 1.00 e. The van der Waals surface area contributed by atoms with E-state index in [-0.39, 0.29) is 24.8 Å². The number of halogens is 2. The number of rotatable bonds is 1. The molecule has 3 heteroatoms. The fraction of sp³-hybridized carbons (Fsp3) is 0.200. The molecule has 1 aliphatic carbocycles. The first-order chi connectivity index (χ1) is 7.81. The number of benzene rings is 2. The number of hydrogen-bond acceptors (Lipinski definition) is 0. The van der Waals surface area contributed by atoms with E-state index < -0.39 is 0 Å². The van der Waals surface area contributed by atoms with Crippen molar-refractivity contribution < 1.29 is 49.5 Å². The van der Waals surface area contributed by atoms with E-state index in [0.29, 0.717) is 3.63 Å². The van der Waals surface area contributed by atoms with Gasteiger partial charge in [-0.1, -0.05) is 0 Å². The molecule has 0 amide bonds. The first-order valence-electron chi connectivity index (χ1n) is 5.74. The molecule has 0 radical (unpaired) electrons. The van der Waals surface area contributed by atoms with Crippen molar-refractivity contribution in [3.63, 3.8) is 0 Å². The average Bonchev–Trinajstić information content (AvgIpc) is 2.67. The minimum atomic E-state index is 0. The molecule has 0 nitrogen and oxygen atoms in total. The van der Waals surface area contributed by atoms with Gasteiger partial charge >= 0.3 is 112 Å². The van der Waals surface area contributed by atoms with E-state index in [4.69, 9.17) is 0 Å². The second-order valence-electron chi connectivity index (χ2n) is 4.30. The molecular formula is C15H13Cl2Zr. The summed E-state index contributed by atoms with van der Waals surface area (Å²) in [5.41, 5.74) is 4.61. The molecule has 0 saturated carbocycles. The normalized spacial score (nSPS) is 16.6. The van der Waals surface area contributed by atoms with Crippen molar-refractivity contribution in [1.29, 1.82) is 0 Å². The van der Waals surface area contributed by atoms with Crippen molar-refractivity contribution in [3.8, 4) is 0 Å². The van der Waals surface area contributed by atoms with Crippen LogP contribution in [-0.4, -0.2) is 0 Å². The third kappa shape index (κ3) is 2.46. The fourth-order valence-electron chi connectivity index (χ4n) is 2.50. The topological polar surface area (TPSA) is 0 Å². The molecule has 0 saturated heterocycles. The molecule has 3 rings (SSSR count). The fourth-order valence-corrected chi connectivity index (χ4v) is 3.83. The zero-order valence-electron chi connectivity index (χ0n) is 10.1. The number of fused-ring (bicyclic) bond motifs is 3. The Kier molecular flexibility index (Phi) is 5.65. The van der Waals surface area contributed by atoms with Gasteiger partial charge in [0, 0.05) is 0 Å². The van der Waals surface area contributed by atoms with Gasteiger partial charge in [-0.25, -0.2) is 0 Å². The maximum Gasteiger partial charge on any atom is -1.00 e. The summed E-state index contributed by atoms with van der Waals surface area (Å²) in [5, 5.41) is 2.77. The van der Waals surface area contributed by atoms with Crippen LogP contribution in [0.15, 0.2) is 42.0 Å². The van der Waals surface area contributed by atoms with Gasteiger partial charge in [-0.05, 0) is 0 Å². The van der Waals surface area contributed by atoms with E-state index in [2.05, 4.69) is 49.4 Å². The molecule has 0 aliphatic heterocycles. The van der Waals surface area contributed by atoms with E-state index in [1.807, 2.05) is 0 Å².